The maximum absolute atomic E-state index is 6.25. The highest BCUT2D eigenvalue weighted by atomic mass is 16.5. The fourth-order valence-electron chi connectivity index (χ4n) is 4.29. The van der Waals surface area contributed by atoms with E-state index in [9.17, 15) is 0 Å². The first-order valence-electron chi connectivity index (χ1n) is 8.34. The van der Waals surface area contributed by atoms with Gasteiger partial charge in [0.2, 0.25) is 0 Å². The van der Waals surface area contributed by atoms with Crippen LogP contribution >= 0.6 is 0 Å². The lowest BCUT2D eigenvalue weighted by atomic mass is 9.69. The molecule has 1 aliphatic carbocycles. The van der Waals surface area contributed by atoms with Gasteiger partial charge in [-0.1, -0.05) is 47.0 Å². The van der Waals surface area contributed by atoms with Gasteiger partial charge in [0.15, 0.2) is 0 Å². The Hall–Kier alpha value is -0.0800. The van der Waals surface area contributed by atoms with Crippen LogP contribution in [0.4, 0.5) is 0 Å². The van der Waals surface area contributed by atoms with E-state index in [-0.39, 0.29) is 5.60 Å². The minimum atomic E-state index is 0.236. The fraction of sp³-hybridized carbons (Fsp3) is 1.00. The van der Waals surface area contributed by atoms with Gasteiger partial charge in [0, 0.05) is 12.6 Å². The Morgan fingerprint density at radius 1 is 1.21 bits per heavy atom. The van der Waals surface area contributed by atoms with E-state index in [4.69, 9.17) is 4.74 Å². The molecule has 1 aliphatic heterocycles. The van der Waals surface area contributed by atoms with E-state index in [1.54, 1.807) is 0 Å². The lowest BCUT2D eigenvalue weighted by Gasteiger charge is -2.48. The quantitative estimate of drug-likeness (QED) is 0.830. The van der Waals surface area contributed by atoms with Crippen molar-refractivity contribution >= 4 is 0 Å². The summed E-state index contributed by atoms with van der Waals surface area (Å²) in [4.78, 5) is 0. The van der Waals surface area contributed by atoms with Gasteiger partial charge in [0.1, 0.15) is 0 Å². The number of hydrogen-bond donors (Lipinski definition) is 1. The molecule has 0 bridgehead atoms. The van der Waals surface area contributed by atoms with Gasteiger partial charge >= 0.3 is 0 Å². The minimum absolute atomic E-state index is 0.236. The molecule has 0 radical (unpaired) electrons. The minimum Gasteiger partial charge on any atom is -0.375 e. The highest BCUT2D eigenvalue weighted by Gasteiger charge is 2.43. The third-order valence-electron chi connectivity index (χ3n) is 5.12. The van der Waals surface area contributed by atoms with Gasteiger partial charge in [-0.3, -0.25) is 0 Å². The molecule has 2 nitrogen and oxygen atoms in total. The summed E-state index contributed by atoms with van der Waals surface area (Å²) in [6.07, 6.45) is 9.26. The third kappa shape index (κ3) is 3.72. The van der Waals surface area contributed by atoms with Crippen LogP contribution in [0.1, 0.15) is 72.6 Å². The second kappa shape index (κ2) is 6.13. The van der Waals surface area contributed by atoms with Gasteiger partial charge in [0.25, 0.3) is 0 Å². The summed E-state index contributed by atoms with van der Waals surface area (Å²) >= 11 is 0. The summed E-state index contributed by atoms with van der Waals surface area (Å²) in [5.74, 6) is 0.784. The summed E-state index contributed by atoms with van der Waals surface area (Å²) in [5, 5.41) is 3.76. The van der Waals surface area contributed by atoms with E-state index >= 15 is 0 Å². The Morgan fingerprint density at radius 3 is 2.47 bits per heavy atom. The molecule has 0 aromatic rings. The monoisotopic (exact) mass is 267 g/mol. The van der Waals surface area contributed by atoms with Crippen molar-refractivity contribution in [3.8, 4) is 0 Å². The lowest BCUT2D eigenvalue weighted by Crippen LogP contribution is -2.52. The highest BCUT2D eigenvalue weighted by molar-refractivity contribution is 4.96. The average molecular weight is 267 g/mol. The Kier molecular flexibility index (Phi) is 4.94. The molecule has 1 N–H and O–H groups in total. The van der Waals surface area contributed by atoms with E-state index < -0.39 is 0 Å². The van der Waals surface area contributed by atoms with Gasteiger partial charge < -0.3 is 10.1 Å². The van der Waals surface area contributed by atoms with E-state index in [1.807, 2.05) is 0 Å². The second-order valence-corrected chi connectivity index (χ2v) is 7.75. The molecular formula is C17H33NO. The Labute approximate surface area is 119 Å². The first kappa shape index (κ1) is 15.3. The Morgan fingerprint density at radius 2 is 1.89 bits per heavy atom. The predicted octanol–water partition coefficient (Wildman–Crippen LogP) is 4.14. The van der Waals surface area contributed by atoms with Crippen LogP contribution in [-0.2, 0) is 4.74 Å². The van der Waals surface area contributed by atoms with Crippen molar-refractivity contribution in [3.05, 3.63) is 0 Å². The number of nitrogens with one attached hydrogen (secondary N) is 1. The number of hydrogen-bond acceptors (Lipinski definition) is 2. The molecule has 1 heterocycles. The smallest absolute Gasteiger partial charge is 0.0685 e. The molecular weight excluding hydrogens is 234 g/mol. The lowest BCUT2D eigenvalue weighted by molar-refractivity contribution is -0.126. The molecule has 112 valence electrons. The zero-order valence-electron chi connectivity index (χ0n) is 13.4. The highest BCUT2D eigenvalue weighted by Crippen LogP contribution is 2.43. The third-order valence-corrected chi connectivity index (χ3v) is 5.12. The fourth-order valence-corrected chi connectivity index (χ4v) is 4.29. The molecule has 2 fully saturated rings. The number of ether oxygens (including phenoxy) is 1. The van der Waals surface area contributed by atoms with Gasteiger partial charge in [-0.05, 0) is 43.6 Å². The molecule has 2 atom stereocenters. The summed E-state index contributed by atoms with van der Waals surface area (Å²) in [6, 6.07) is 0.625. The van der Waals surface area contributed by atoms with Crippen LogP contribution in [-0.4, -0.2) is 24.8 Å². The maximum Gasteiger partial charge on any atom is 0.0685 e. The molecule has 2 rings (SSSR count). The van der Waals surface area contributed by atoms with Crippen LogP contribution < -0.4 is 5.32 Å². The van der Waals surface area contributed by atoms with E-state index in [1.165, 1.54) is 44.9 Å². The van der Waals surface area contributed by atoms with Gasteiger partial charge in [-0.25, -0.2) is 0 Å². The average Bonchev–Trinajstić information content (AvgIpc) is 2.35. The summed E-state index contributed by atoms with van der Waals surface area (Å²) in [7, 11) is 0. The molecule has 2 heteroatoms. The molecule has 19 heavy (non-hydrogen) atoms. The van der Waals surface area contributed by atoms with Crippen molar-refractivity contribution in [1.29, 1.82) is 0 Å². The molecule has 1 saturated carbocycles. The van der Waals surface area contributed by atoms with Crippen LogP contribution in [0.2, 0.25) is 0 Å². The molecule has 0 aromatic carbocycles. The van der Waals surface area contributed by atoms with Crippen LogP contribution in [0.5, 0.6) is 0 Å². The van der Waals surface area contributed by atoms with Gasteiger partial charge in [-0.2, -0.15) is 0 Å². The maximum atomic E-state index is 6.25. The first-order chi connectivity index (χ1) is 8.97. The predicted molar refractivity (Wildman–Crippen MR) is 81.4 cm³/mol. The molecule has 0 aromatic heterocycles. The zero-order chi connectivity index (χ0) is 13.9. The SMILES string of the molecule is CCNC(C1CCOC2(CCCCC2)C1)C(C)(C)C. The molecule has 0 amide bonds. The van der Waals surface area contributed by atoms with Crippen molar-refractivity contribution < 1.29 is 4.74 Å². The van der Waals surface area contributed by atoms with Crippen molar-refractivity contribution in [2.45, 2.75) is 84.3 Å². The molecule has 1 saturated heterocycles. The largest absolute Gasteiger partial charge is 0.375 e. The molecule has 2 aliphatic rings. The van der Waals surface area contributed by atoms with E-state index in [0.717, 1.165) is 19.1 Å². The van der Waals surface area contributed by atoms with Gasteiger partial charge in [0.05, 0.1) is 5.60 Å². The van der Waals surface area contributed by atoms with Crippen LogP contribution in [0.15, 0.2) is 0 Å². The van der Waals surface area contributed by atoms with Crippen molar-refractivity contribution in [3.63, 3.8) is 0 Å². The van der Waals surface area contributed by atoms with Crippen LogP contribution in [0, 0.1) is 11.3 Å². The summed E-state index contributed by atoms with van der Waals surface area (Å²) in [5.41, 5.74) is 0.577. The van der Waals surface area contributed by atoms with Crippen molar-refractivity contribution in [1.82, 2.24) is 5.32 Å². The topological polar surface area (TPSA) is 21.3 Å². The zero-order valence-corrected chi connectivity index (χ0v) is 13.4. The van der Waals surface area contributed by atoms with Crippen LogP contribution in [0.3, 0.4) is 0 Å². The van der Waals surface area contributed by atoms with Crippen molar-refractivity contribution in [2.75, 3.05) is 13.2 Å². The van der Waals surface area contributed by atoms with Crippen LogP contribution in [0.25, 0.3) is 0 Å². The first-order valence-corrected chi connectivity index (χ1v) is 8.34. The summed E-state index contributed by atoms with van der Waals surface area (Å²) in [6.45, 7) is 11.4. The van der Waals surface area contributed by atoms with Crippen molar-refractivity contribution in [2.24, 2.45) is 11.3 Å². The van der Waals surface area contributed by atoms with E-state index in [0.29, 0.717) is 11.5 Å². The van der Waals surface area contributed by atoms with E-state index in [2.05, 4.69) is 33.0 Å². The molecule has 2 unspecified atom stereocenters. The Bertz CT molecular complexity index is 270. The second-order valence-electron chi connectivity index (χ2n) is 7.75. The number of rotatable bonds is 3. The van der Waals surface area contributed by atoms with Gasteiger partial charge in [-0.15, -0.1) is 0 Å². The summed E-state index contributed by atoms with van der Waals surface area (Å²) < 4.78 is 6.25. The standard InChI is InChI=1S/C17H33NO/c1-5-18-15(16(2,3)4)14-9-12-19-17(13-14)10-7-6-8-11-17/h14-15,18H,5-13H2,1-4H3. The molecule has 1 spiro atoms. The normalized spacial score (nSPS) is 29.4. The Balaban J connectivity index is 2.06.